The van der Waals surface area contributed by atoms with Gasteiger partial charge in [0.25, 0.3) is 0 Å². The average Bonchev–Trinajstić information content (AvgIpc) is 2.24. The SMILES string of the molecule is Cc1cc(C(F)(F)F)ccc1S(=O)(=O)NCC(C)(C)N. The zero-order chi connectivity index (χ0) is 15.8. The van der Waals surface area contributed by atoms with Crippen LogP contribution in [0, 0.1) is 6.92 Å². The van der Waals surface area contributed by atoms with E-state index in [1.807, 2.05) is 0 Å². The highest BCUT2D eigenvalue weighted by atomic mass is 32.2. The Balaban J connectivity index is 3.09. The van der Waals surface area contributed by atoms with Gasteiger partial charge in [-0.3, -0.25) is 0 Å². The van der Waals surface area contributed by atoms with Gasteiger partial charge in [-0.2, -0.15) is 13.2 Å². The Hall–Kier alpha value is -1.12. The molecule has 4 nitrogen and oxygen atoms in total. The van der Waals surface area contributed by atoms with Crippen molar-refractivity contribution in [2.45, 2.75) is 37.4 Å². The minimum Gasteiger partial charge on any atom is -0.324 e. The van der Waals surface area contributed by atoms with Crippen LogP contribution in [0.25, 0.3) is 0 Å². The number of nitrogens with one attached hydrogen (secondary N) is 1. The summed E-state index contributed by atoms with van der Waals surface area (Å²) in [5, 5.41) is 0. The molecule has 0 unspecified atom stereocenters. The molecule has 0 radical (unpaired) electrons. The third-order valence-electron chi connectivity index (χ3n) is 2.51. The summed E-state index contributed by atoms with van der Waals surface area (Å²) in [6.07, 6.45) is -4.50. The largest absolute Gasteiger partial charge is 0.416 e. The molecule has 0 bridgehead atoms. The molecule has 20 heavy (non-hydrogen) atoms. The molecule has 1 aromatic rings. The van der Waals surface area contributed by atoms with E-state index in [1.54, 1.807) is 13.8 Å². The number of nitrogens with two attached hydrogens (primary N) is 1. The van der Waals surface area contributed by atoms with Crippen LogP contribution in [0.1, 0.15) is 25.0 Å². The smallest absolute Gasteiger partial charge is 0.324 e. The minimum absolute atomic E-state index is 0.0181. The maximum absolute atomic E-state index is 12.5. The van der Waals surface area contributed by atoms with Gasteiger partial charge >= 0.3 is 6.18 Å². The quantitative estimate of drug-likeness (QED) is 0.894. The van der Waals surface area contributed by atoms with Crippen molar-refractivity contribution in [3.63, 3.8) is 0 Å². The average molecular weight is 310 g/mol. The number of rotatable bonds is 4. The summed E-state index contributed by atoms with van der Waals surface area (Å²) < 4.78 is 63.9. The van der Waals surface area contributed by atoms with Crippen LogP contribution < -0.4 is 10.5 Å². The Morgan fingerprint density at radius 1 is 1.25 bits per heavy atom. The van der Waals surface area contributed by atoms with Crippen molar-refractivity contribution in [1.29, 1.82) is 0 Å². The Labute approximate surface area is 116 Å². The van der Waals surface area contributed by atoms with Gasteiger partial charge in [0.05, 0.1) is 10.5 Å². The highest BCUT2D eigenvalue weighted by molar-refractivity contribution is 7.89. The first-order valence-electron chi connectivity index (χ1n) is 5.79. The van der Waals surface area contributed by atoms with Crippen LogP contribution in [0.3, 0.4) is 0 Å². The highest BCUT2D eigenvalue weighted by Crippen LogP contribution is 2.31. The topological polar surface area (TPSA) is 72.2 Å². The summed E-state index contributed by atoms with van der Waals surface area (Å²) in [6.45, 7) is 4.57. The number of hydrogen-bond donors (Lipinski definition) is 2. The van der Waals surface area contributed by atoms with Crippen LogP contribution in [0.5, 0.6) is 0 Å². The third-order valence-corrected chi connectivity index (χ3v) is 4.07. The number of aryl methyl sites for hydroxylation is 1. The van der Waals surface area contributed by atoms with Crippen LogP contribution in [-0.4, -0.2) is 20.5 Å². The second kappa shape index (κ2) is 5.34. The molecule has 0 fully saturated rings. The number of sulfonamides is 1. The number of halogens is 3. The molecule has 114 valence electrons. The molecule has 0 amide bonds. The molecule has 0 saturated heterocycles. The van der Waals surface area contributed by atoms with Gasteiger partial charge in [-0.25, -0.2) is 13.1 Å². The predicted octanol–water partition coefficient (Wildman–Crippen LogP) is 2.03. The Morgan fingerprint density at radius 3 is 2.20 bits per heavy atom. The van der Waals surface area contributed by atoms with E-state index >= 15 is 0 Å². The molecule has 3 N–H and O–H groups in total. The second-order valence-corrected chi connectivity index (χ2v) is 7.03. The molecule has 8 heteroatoms. The van der Waals surface area contributed by atoms with Crippen LogP contribution in [0.2, 0.25) is 0 Å². The molecule has 0 saturated carbocycles. The summed E-state index contributed by atoms with van der Waals surface area (Å²) in [5.74, 6) is 0. The summed E-state index contributed by atoms with van der Waals surface area (Å²) in [7, 11) is -3.88. The first kappa shape index (κ1) is 16.9. The Kier molecular flexibility index (Phi) is 4.52. The van der Waals surface area contributed by atoms with E-state index in [4.69, 9.17) is 5.73 Å². The lowest BCUT2D eigenvalue weighted by Gasteiger charge is -2.19. The van der Waals surface area contributed by atoms with Crippen molar-refractivity contribution in [2.24, 2.45) is 5.73 Å². The van der Waals surface area contributed by atoms with E-state index in [-0.39, 0.29) is 17.0 Å². The van der Waals surface area contributed by atoms with E-state index < -0.39 is 27.3 Å². The third kappa shape index (κ3) is 4.46. The molecule has 0 atom stereocenters. The molecule has 0 spiro atoms. The van der Waals surface area contributed by atoms with Crippen molar-refractivity contribution in [2.75, 3.05) is 6.54 Å². The fourth-order valence-corrected chi connectivity index (χ4v) is 2.93. The standard InChI is InChI=1S/C12H17F3N2O2S/c1-8-6-9(12(13,14)15)4-5-10(8)20(18,19)17-7-11(2,3)16/h4-6,17H,7,16H2,1-3H3. The number of benzene rings is 1. The molecule has 1 rings (SSSR count). The Bertz CT molecular complexity index is 590. The van der Waals surface area contributed by atoms with Crippen molar-refractivity contribution in [3.8, 4) is 0 Å². The summed E-state index contributed by atoms with van der Waals surface area (Å²) in [5.41, 5.74) is 4.06. The van der Waals surface area contributed by atoms with E-state index in [9.17, 15) is 21.6 Å². The maximum Gasteiger partial charge on any atom is 0.416 e. The summed E-state index contributed by atoms with van der Waals surface area (Å²) in [4.78, 5) is -0.185. The van der Waals surface area contributed by atoms with Crippen molar-refractivity contribution < 1.29 is 21.6 Å². The van der Waals surface area contributed by atoms with Crippen molar-refractivity contribution in [1.82, 2.24) is 4.72 Å². The normalized spacial score (nSPS) is 13.6. The van der Waals surface area contributed by atoms with Crippen LogP contribution >= 0.6 is 0 Å². The first-order valence-corrected chi connectivity index (χ1v) is 7.28. The molecule has 0 aliphatic heterocycles. The zero-order valence-electron chi connectivity index (χ0n) is 11.4. The van der Waals surface area contributed by atoms with Gasteiger partial charge in [0, 0.05) is 12.1 Å². The van der Waals surface area contributed by atoms with Crippen LogP contribution in [-0.2, 0) is 16.2 Å². The Morgan fingerprint density at radius 2 is 1.80 bits per heavy atom. The lowest BCUT2D eigenvalue weighted by molar-refractivity contribution is -0.137. The fraction of sp³-hybridized carbons (Fsp3) is 0.500. The van der Waals surface area contributed by atoms with Gasteiger partial charge in [0.1, 0.15) is 0 Å². The second-order valence-electron chi connectivity index (χ2n) is 5.29. The van der Waals surface area contributed by atoms with Gasteiger partial charge in [-0.15, -0.1) is 0 Å². The first-order chi connectivity index (χ1) is 8.83. The fourth-order valence-electron chi connectivity index (χ4n) is 1.49. The van der Waals surface area contributed by atoms with E-state index in [1.165, 1.54) is 6.92 Å². The van der Waals surface area contributed by atoms with Gasteiger partial charge in [-0.1, -0.05) is 0 Å². The zero-order valence-corrected chi connectivity index (χ0v) is 12.2. The monoisotopic (exact) mass is 310 g/mol. The predicted molar refractivity (Wildman–Crippen MR) is 69.6 cm³/mol. The van der Waals surface area contributed by atoms with Gasteiger partial charge in [0.2, 0.25) is 10.0 Å². The summed E-state index contributed by atoms with van der Waals surface area (Å²) >= 11 is 0. The molecule has 1 aromatic carbocycles. The number of alkyl halides is 3. The lowest BCUT2D eigenvalue weighted by Crippen LogP contribution is -2.45. The number of hydrogen-bond acceptors (Lipinski definition) is 3. The molecule has 0 heterocycles. The highest BCUT2D eigenvalue weighted by Gasteiger charge is 2.31. The van der Waals surface area contributed by atoms with Crippen LogP contribution in [0.15, 0.2) is 23.1 Å². The summed E-state index contributed by atoms with van der Waals surface area (Å²) in [6, 6.07) is 2.50. The van der Waals surface area contributed by atoms with Gasteiger partial charge < -0.3 is 5.73 Å². The van der Waals surface area contributed by atoms with Crippen molar-refractivity contribution in [3.05, 3.63) is 29.3 Å². The lowest BCUT2D eigenvalue weighted by atomic mass is 10.1. The molecule has 0 aromatic heterocycles. The molecule has 0 aliphatic carbocycles. The van der Waals surface area contributed by atoms with Gasteiger partial charge in [-0.05, 0) is 44.5 Å². The maximum atomic E-state index is 12.5. The van der Waals surface area contributed by atoms with Crippen LogP contribution in [0.4, 0.5) is 13.2 Å². The van der Waals surface area contributed by atoms with E-state index in [2.05, 4.69) is 4.72 Å². The molecular formula is C12H17F3N2O2S. The van der Waals surface area contributed by atoms with Crippen molar-refractivity contribution >= 4 is 10.0 Å². The van der Waals surface area contributed by atoms with E-state index in [0.717, 1.165) is 18.2 Å². The minimum atomic E-state index is -4.50. The molecule has 0 aliphatic rings. The van der Waals surface area contributed by atoms with Gasteiger partial charge in [0.15, 0.2) is 0 Å². The van der Waals surface area contributed by atoms with E-state index in [0.29, 0.717) is 0 Å². The molecular weight excluding hydrogens is 293 g/mol.